The quantitative estimate of drug-likeness (QED) is 0.771. The lowest BCUT2D eigenvalue weighted by atomic mass is 10.2. The van der Waals surface area contributed by atoms with Crippen LogP contribution < -0.4 is 4.90 Å². The highest BCUT2D eigenvalue weighted by Gasteiger charge is 2.09. The molecule has 17 heavy (non-hydrogen) atoms. The molecule has 0 bridgehead atoms. The number of carbonyl (C=O) groups excluding carboxylic acids is 1. The van der Waals surface area contributed by atoms with E-state index < -0.39 is 0 Å². The Bertz CT molecular complexity index is 454. The van der Waals surface area contributed by atoms with Gasteiger partial charge in [0.05, 0.1) is 24.8 Å². The zero-order chi connectivity index (χ0) is 12.8. The molecule has 4 nitrogen and oxygen atoms in total. The van der Waals surface area contributed by atoms with Crippen LogP contribution >= 0.6 is 11.6 Å². The van der Waals surface area contributed by atoms with Crippen molar-refractivity contribution in [1.82, 2.24) is 0 Å². The van der Waals surface area contributed by atoms with Crippen LogP contribution in [0.15, 0.2) is 18.2 Å². The summed E-state index contributed by atoms with van der Waals surface area (Å²) in [4.78, 5) is 12.8. The van der Waals surface area contributed by atoms with E-state index in [1.54, 1.807) is 18.2 Å². The predicted molar refractivity (Wildman–Crippen MR) is 66.1 cm³/mol. The van der Waals surface area contributed by atoms with Crippen LogP contribution in [-0.4, -0.2) is 26.7 Å². The van der Waals surface area contributed by atoms with Gasteiger partial charge in [0.2, 0.25) is 0 Å². The molecule has 0 unspecified atom stereocenters. The van der Waals surface area contributed by atoms with E-state index in [0.717, 1.165) is 5.69 Å². The molecule has 1 rings (SSSR count). The van der Waals surface area contributed by atoms with E-state index in [0.29, 0.717) is 17.1 Å². The predicted octanol–water partition coefficient (Wildman–Crippen LogP) is 2.21. The van der Waals surface area contributed by atoms with Crippen LogP contribution in [0.5, 0.6) is 0 Å². The van der Waals surface area contributed by atoms with Gasteiger partial charge in [-0.05, 0) is 18.2 Å². The fraction of sp³-hybridized carbons (Fsp3) is 0.333. The molecule has 0 aliphatic carbocycles. The van der Waals surface area contributed by atoms with E-state index in [4.69, 9.17) is 16.9 Å². The summed E-state index contributed by atoms with van der Waals surface area (Å²) < 4.78 is 4.56. The summed E-state index contributed by atoms with van der Waals surface area (Å²) in [6.07, 6.45) is 0.278. The van der Waals surface area contributed by atoms with E-state index in [-0.39, 0.29) is 12.4 Å². The van der Waals surface area contributed by atoms with Crippen molar-refractivity contribution >= 4 is 23.3 Å². The number of halogens is 1. The van der Waals surface area contributed by atoms with Gasteiger partial charge < -0.3 is 9.64 Å². The standard InChI is InChI=1S/C12H13ClN2O2/c1-15(6-5-12(16)17-2)11-4-3-10(13)7-9(11)8-14/h3-4,7H,5-6H2,1-2H3. The Morgan fingerprint density at radius 1 is 1.59 bits per heavy atom. The molecule has 90 valence electrons. The number of carbonyl (C=O) groups is 1. The molecule has 0 aliphatic rings. The van der Waals surface area contributed by atoms with Crippen LogP contribution in [-0.2, 0) is 9.53 Å². The molecule has 0 saturated carbocycles. The Morgan fingerprint density at radius 3 is 2.88 bits per heavy atom. The lowest BCUT2D eigenvalue weighted by Gasteiger charge is -2.19. The van der Waals surface area contributed by atoms with Crippen LogP contribution in [0.3, 0.4) is 0 Å². The zero-order valence-electron chi connectivity index (χ0n) is 9.74. The van der Waals surface area contributed by atoms with Gasteiger partial charge in [0.25, 0.3) is 0 Å². The second-order valence-corrected chi connectivity index (χ2v) is 3.96. The number of esters is 1. The summed E-state index contributed by atoms with van der Waals surface area (Å²) >= 11 is 5.81. The van der Waals surface area contributed by atoms with Gasteiger partial charge in [0, 0.05) is 18.6 Å². The van der Waals surface area contributed by atoms with Crippen molar-refractivity contribution in [3.63, 3.8) is 0 Å². The minimum atomic E-state index is -0.274. The second-order valence-electron chi connectivity index (χ2n) is 3.52. The highest BCUT2D eigenvalue weighted by molar-refractivity contribution is 6.30. The van der Waals surface area contributed by atoms with Crippen LogP contribution in [0, 0.1) is 11.3 Å². The smallest absolute Gasteiger partial charge is 0.307 e. The van der Waals surface area contributed by atoms with E-state index in [2.05, 4.69) is 10.8 Å². The van der Waals surface area contributed by atoms with E-state index in [1.807, 2.05) is 11.9 Å². The van der Waals surface area contributed by atoms with Gasteiger partial charge in [-0.2, -0.15) is 5.26 Å². The normalized spacial score (nSPS) is 9.53. The van der Waals surface area contributed by atoms with E-state index >= 15 is 0 Å². The Morgan fingerprint density at radius 2 is 2.29 bits per heavy atom. The maximum atomic E-state index is 11.0. The van der Waals surface area contributed by atoms with Crippen LogP contribution in [0.25, 0.3) is 0 Å². The number of hydrogen-bond donors (Lipinski definition) is 0. The van der Waals surface area contributed by atoms with Crippen molar-refractivity contribution < 1.29 is 9.53 Å². The Balaban J connectivity index is 2.79. The first-order chi connectivity index (χ1) is 8.08. The molecule has 0 heterocycles. The number of nitriles is 1. The molecule has 0 radical (unpaired) electrons. The molecule has 0 spiro atoms. The number of ether oxygens (including phenoxy) is 1. The van der Waals surface area contributed by atoms with Crippen LogP contribution in [0.1, 0.15) is 12.0 Å². The molecule has 1 aromatic carbocycles. The van der Waals surface area contributed by atoms with Crippen molar-refractivity contribution in [3.8, 4) is 6.07 Å². The van der Waals surface area contributed by atoms with Gasteiger partial charge in [-0.1, -0.05) is 11.6 Å². The molecule has 0 aromatic heterocycles. The highest BCUT2D eigenvalue weighted by atomic mass is 35.5. The van der Waals surface area contributed by atoms with Crippen molar-refractivity contribution in [3.05, 3.63) is 28.8 Å². The maximum Gasteiger partial charge on any atom is 0.307 e. The fourth-order valence-corrected chi connectivity index (χ4v) is 1.58. The SMILES string of the molecule is COC(=O)CCN(C)c1ccc(Cl)cc1C#N. The molecule has 5 heteroatoms. The van der Waals surface area contributed by atoms with Crippen LogP contribution in [0.2, 0.25) is 5.02 Å². The van der Waals surface area contributed by atoms with Gasteiger partial charge in [-0.3, -0.25) is 4.79 Å². The Kier molecular flexibility index (Phi) is 4.80. The Labute approximate surface area is 105 Å². The van der Waals surface area contributed by atoms with Crippen molar-refractivity contribution in [1.29, 1.82) is 5.26 Å². The lowest BCUT2D eigenvalue weighted by molar-refractivity contribution is -0.140. The summed E-state index contributed by atoms with van der Waals surface area (Å²) in [6, 6.07) is 7.16. The largest absolute Gasteiger partial charge is 0.469 e. The van der Waals surface area contributed by atoms with Gasteiger partial charge in [-0.25, -0.2) is 0 Å². The number of anilines is 1. The summed E-state index contributed by atoms with van der Waals surface area (Å²) in [7, 11) is 3.17. The topological polar surface area (TPSA) is 53.3 Å². The average molecular weight is 253 g/mol. The molecule has 0 atom stereocenters. The molecule has 0 amide bonds. The second kappa shape index (κ2) is 6.12. The molecular weight excluding hydrogens is 240 g/mol. The van der Waals surface area contributed by atoms with Crippen molar-refractivity contribution in [2.45, 2.75) is 6.42 Å². The van der Waals surface area contributed by atoms with Crippen molar-refractivity contribution in [2.75, 3.05) is 25.6 Å². The van der Waals surface area contributed by atoms with Crippen LogP contribution in [0.4, 0.5) is 5.69 Å². The molecule has 0 N–H and O–H groups in total. The summed E-state index contributed by atoms with van der Waals surface area (Å²) in [5.41, 5.74) is 1.24. The summed E-state index contributed by atoms with van der Waals surface area (Å²) in [6.45, 7) is 0.489. The first-order valence-corrected chi connectivity index (χ1v) is 5.44. The number of benzene rings is 1. The third-order valence-corrected chi connectivity index (χ3v) is 2.60. The summed E-state index contributed by atoms with van der Waals surface area (Å²) in [5.74, 6) is -0.274. The fourth-order valence-electron chi connectivity index (χ4n) is 1.41. The first-order valence-electron chi connectivity index (χ1n) is 5.06. The number of rotatable bonds is 4. The molecule has 0 fully saturated rings. The third kappa shape index (κ3) is 3.65. The molecular formula is C12H13ClN2O2. The molecule has 0 saturated heterocycles. The zero-order valence-corrected chi connectivity index (χ0v) is 10.5. The van der Waals surface area contributed by atoms with Gasteiger partial charge >= 0.3 is 5.97 Å². The first kappa shape index (κ1) is 13.3. The molecule has 1 aromatic rings. The van der Waals surface area contributed by atoms with E-state index in [9.17, 15) is 4.79 Å². The average Bonchev–Trinajstić information content (AvgIpc) is 2.35. The third-order valence-electron chi connectivity index (χ3n) is 2.37. The number of hydrogen-bond acceptors (Lipinski definition) is 4. The van der Waals surface area contributed by atoms with Gasteiger partial charge in [-0.15, -0.1) is 0 Å². The minimum absolute atomic E-state index is 0.274. The highest BCUT2D eigenvalue weighted by Crippen LogP contribution is 2.22. The minimum Gasteiger partial charge on any atom is -0.469 e. The van der Waals surface area contributed by atoms with Gasteiger partial charge in [0.1, 0.15) is 6.07 Å². The summed E-state index contributed by atoms with van der Waals surface area (Å²) in [5, 5.41) is 9.51. The van der Waals surface area contributed by atoms with Gasteiger partial charge in [0.15, 0.2) is 0 Å². The Hall–Kier alpha value is -1.73. The molecule has 0 aliphatic heterocycles. The maximum absolute atomic E-state index is 11.0. The van der Waals surface area contributed by atoms with Crippen molar-refractivity contribution in [2.24, 2.45) is 0 Å². The number of nitrogens with zero attached hydrogens (tertiary/aromatic N) is 2. The lowest BCUT2D eigenvalue weighted by Crippen LogP contribution is -2.22. The number of methoxy groups -OCH3 is 1. The monoisotopic (exact) mass is 252 g/mol. The van der Waals surface area contributed by atoms with E-state index in [1.165, 1.54) is 7.11 Å².